The van der Waals surface area contributed by atoms with Crippen molar-refractivity contribution >= 4 is 0 Å². The molecule has 0 radical (unpaired) electrons. The summed E-state index contributed by atoms with van der Waals surface area (Å²) in [5, 5.41) is 0. The smallest absolute Gasteiger partial charge is 0.357 e. The van der Waals surface area contributed by atoms with Crippen LogP contribution in [0.3, 0.4) is 0 Å². The third-order valence-corrected chi connectivity index (χ3v) is 4.76. The van der Waals surface area contributed by atoms with Gasteiger partial charge >= 0.3 is 21.2 Å². The molecule has 0 spiro atoms. The molecule has 0 amide bonds. The lowest BCUT2D eigenvalue weighted by molar-refractivity contribution is -0.597. The third kappa shape index (κ3) is 3.23. The zero-order valence-corrected chi connectivity index (χ0v) is 11.3. The highest BCUT2D eigenvalue weighted by molar-refractivity contribution is 5.20. The summed E-state index contributed by atoms with van der Waals surface area (Å²) in [5.74, 6) is 0.961. The third-order valence-electron chi connectivity index (χ3n) is 2.08. The Balaban J connectivity index is 2.05. The van der Waals surface area contributed by atoms with Crippen LogP contribution in [0.5, 0.6) is 5.75 Å². The Morgan fingerprint density at radius 2 is 1.50 bits per heavy atom. The monoisotopic (exact) mass is 325 g/mol. The van der Waals surface area contributed by atoms with E-state index in [4.69, 9.17) is 4.74 Å². The fourth-order valence-electron chi connectivity index (χ4n) is 1.36. The molecule has 2 aromatic rings. The van der Waals surface area contributed by atoms with Crippen LogP contribution >= 0.6 is 0 Å². The van der Waals surface area contributed by atoms with Crippen LogP contribution in [0.25, 0.3) is 0 Å². The van der Waals surface area contributed by atoms with E-state index in [9.17, 15) is 0 Å². The Bertz CT molecular complexity index is 422. The van der Waals surface area contributed by atoms with Gasteiger partial charge in [-0.3, -0.25) is 0 Å². The zero-order chi connectivity index (χ0) is 11.2. The van der Waals surface area contributed by atoms with Crippen LogP contribution in [-0.4, -0.2) is 6.61 Å². The molecule has 0 aromatic heterocycles. The van der Waals surface area contributed by atoms with Crippen molar-refractivity contribution in [1.82, 2.24) is 0 Å². The summed E-state index contributed by atoms with van der Waals surface area (Å²) in [6.45, 7) is 2.73. The lowest BCUT2D eigenvalue weighted by Gasteiger charge is -1.99. The summed E-state index contributed by atoms with van der Waals surface area (Å²) in [5.41, 5.74) is 0. The number of ether oxygens (including phenoxy) is 1. The molecule has 2 aromatic carbocycles. The largest absolute Gasteiger partial charge is 0.494 e. The van der Waals surface area contributed by atoms with Crippen molar-refractivity contribution in [2.24, 2.45) is 0 Å². The predicted molar refractivity (Wildman–Crippen MR) is 61.4 cm³/mol. The van der Waals surface area contributed by atoms with E-state index in [1.165, 1.54) is 7.14 Å². The fourth-order valence-corrected chi connectivity index (χ4v) is 3.58. The van der Waals surface area contributed by atoms with Crippen molar-refractivity contribution in [2.75, 3.05) is 6.61 Å². The van der Waals surface area contributed by atoms with Crippen LogP contribution in [0.15, 0.2) is 54.6 Å². The van der Waals surface area contributed by atoms with Gasteiger partial charge in [0.1, 0.15) is 5.75 Å². The molecular formula is C14H14IO+. The van der Waals surface area contributed by atoms with Crippen molar-refractivity contribution < 1.29 is 25.9 Å². The van der Waals surface area contributed by atoms with E-state index in [0.717, 1.165) is 12.4 Å². The minimum atomic E-state index is -0.0494. The van der Waals surface area contributed by atoms with E-state index in [1.54, 1.807) is 0 Å². The molecule has 0 atom stereocenters. The van der Waals surface area contributed by atoms with Gasteiger partial charge in [0.05, 0.1) is 6.61 Å². The van der Waals surface area contributed by atoms with Crippen LogP contribution in [0.2, 0.25) is 0 Å². The van der Waals surface area contributed by atoms with Gasteiger partial charge in [-0.1, -0.05) is 18.2 Å². The van der Waals surface area contributed by atoms with Gasteiger partial charge in [0.15, 0.2) is 7.14 Å². The van der Waals surface area contributed by atoms with Crippen molar-refractivity contribution in [1.29, 1.82) is 0 Å². The molecule has 82 valence electrons. The van der Waals surface area contributed by atoms with Gasteiger partial charge < -0.3 is 4.74 Å². The summed E-state index contributed by atoms with van der Waals surface area (Å²) >= 11 is -0.0494. The summed E-state index contributed by atoms with van der Waals surface area (Å²) in [4.78, 5) is 0. The highest BCUT2D eigenvalue weighted by Gasteiger charge is 2.14. The Hall–Kier alpha value is -1.03. The highest BCUT2D eigenvalue weighted by Crippen LogP contribution is 2.07. The van der Waals surface area contributed by atoms with Crippen molar-refractivity contribution in [3.63, 3.8) is 0 Å². The number of hydrogen-bond donors (Lipinski definition) is 0. The second kappa shape index (κ2) is 5.89. The van der Waals surface area contributed by atoms with Crippen molar-refractivity contribution in [2.45, 2.75) is 6.92 Å². The molecule has 2 heteroatoms. The Morgan fingerprint density at radius 1 is 0.875 bits per heavy atom. The molecule has 0 aliphatic carbocycles. The molecule has 1 nitrogen and oxygen atoms in total. The zero-order valence-electron chi connectivity index (χ0n) is 9.19. The summed E-state index contributed by atoms with van der Waals surface area (Å²) < 4.78 is 8.30. The second-order valence-corrected chi connectivity index (χ2v) is 6.31. The quantitative estimate of drug-likeness (QED) is 0.731. The standard InChI is InChI=1S/C14H14IO/c1-2-16-14-10-8-13(9-11-14)15-12-6-4-3-5-7-12/h3-11H,2H2,1H3/q+1. The first-order valence-electron chi connectivity index (χ1n) is 5.31. The molecule has 16 heavy (non-hydrogen) atoms. The first-order valence-corrected chi connectivity index (χ1v) is 7.47. The van der Waals surface area contributed by atoms with Gasteiger partial charge in [-0.2, -0.15) is 0 Å². The Morgan fingerprint density at radius 3 is 2.12 bits per heavy atom. The maximum absolute atomic E-state index is 5.42. The average Bonchev–Trinajstić information content (AvgIpc) is 2.33. The summed E-state index contributed by atoms with van der Waals surface area (Å²) in [6.07, 6.45) is 0. The van der Waals surface area contributed by atoms with Gasteiger partial charge in [-0.05, 0) is 43.3 Å². The van der Waals surface area contributed by atoms with E-state index in [-0.39, 0.29) is 21.2 Å². The molecule has 0 saturated heterocycles. The maximum atomic E-state index is 5.42. The van der Waals surface area contributed by atoms with E-state index >= 15 is 0 Å². The molecule has 0 saturated carbocycles. The molecule has 0 aliphatic heterocycles. The first-order chi connectivity index (χ1) is 7.88. The van der Waals surface area contributed by atoms with E-state index in [1.807, 2.05) is 6.92 Å². The SMILES string of the molecule is CCOc1ccc([I+]c2ccccc2)cc1. The van der Waals surface area contributed by atoms with E-state index < -0.39 is 0 Å². The van der Waals surface area contributed by atoms with Gasteiger partial charge in [0.25, 0.3) is 0 Å². The Labute approximate surface area is 107 Å². The fraction of sp³-hybridized carbons (Fsp3) is 0.143. The van der Waals surface area contributed by atoms with Crippen molar-refractivity contribution in [3.8, 4) is 5.75 Å². The van der Waals surface area contributed by atoms with E-state index in [2.05, 4.69) is 54.6 Å². The van der Waals surface area contributed by atoms with Gasteiger partial charge in [-0.15, -0.1) is 0 Å². The van der Waals surface area contributed by atoms with E-state index in [0.29, 0.717) is 0 Å². The molecular weight excluding hydrogens is 311 g/mol. The van der Waals surface area contributed by atoms with Gasteiger partial charge in [-0.25, -0.2) is 0 Å². The van der Waals surface area contributed by atoms with Crippen molar-refractivity contribution in [3.05, 3.63) is 61.7 Å². The van der Waals surface area contributed by atoms with Gasteiger partial charge in [0.2, 0.25) is 0 Å². The first kappa shape index (κ1) is 11.5. The van der Waals surface area contributed by atoms with Crippen LogP contribution < -0.4 is 25.9 Å². The molecule has 0 fully saturated rings. The Kier molecular flexibility index (Phi) is 4.22. The highest BCUT2D eigenvalue weighted by atomic mass is 127. The minimum absolute atomic E-state index is 0.0494. The summed E-state index contributed by atoms with van der Waals surface area (Å²) in [6, 6.07) is 19.1. The number of rotatable bonds is 4. The minimum Gasteiger partial charge on any atom is -0.494 e. The van der Waals surface area contributed by atoms with Crippen LogP contribution in [0.4, 0.5) is 0 Å². The normalized spacial score (nSPS) is 10.1. The topological polar surface area (TPSA) is 9.23 Å². The van der Waals surface area contributed by atoms with Crippen LogP contribution in [0.1, 0.15) is 6.92 Å². The lowest BCUT2D eigenvalue weighted by Crippen LogP contribution is -3.61. The number of hydrogen-bond acceptors (Lipinski definition) is 1. The molecule has 0 N–H and O–H groups in total. The van der Waals surface area contributed by atoms with Crippen LogP contribution in [-0.2, 0) is 0 Å². The number of halogens is 1. The molecule has 0 aliphatic rings. The number of benzene rings is 2. The van der Waals surface area contributed by atoms with Gasteiger partial charge in [0, 0.05) is 0 Å². The predicted octanol–water partition coefficient (Wildman–Crippen LogP) is 0.214. The molecule has 0 bridgehead atoms. The molecule has 0 unspecified atom stereocenters. The average molecular weight is 325 g/mol. The summed E-state index contributed by atoms with van der Waals surface area (Å²) in [7, 11) is 0. The second-order valence-electron chi connectivity index (χ2n) is 3.28. The molecule has 0 heterocycles. The molecule has 2 rings (SSSR count). The van der Waals surface area contributed by atoms with Crippen LogP contribution in [0, 0.1) is 7.14 Å². The lowest BCUT2D eigenvalue weighted by atomic mass is 10.3. The maximum Gasteiger partial charge on any atom is 0.357 e.